The van der Waals surface area contributed by atoms with Crippen LogP contribution in [0.4, 0.5) is 5.69 Å². The zero-order chi connectivity index (χ0) is 11.8. The van der Waals surface area contributed by atoms with Gasteiger partial charge in [0.15, 0.2) is 5.96 Å². The number of hydrogen-bond acceptors (Lipinski definition) is 3. The average molecular weight is 359 g/mol. The Morgan fingerprint density at radius 2 is 2.00 bits per heavy atom. The number of halogens is 2. The molecule has 17 heavy (non-hydrogen) atoms. The summed E-state index contributed by atoms with van der Waals surface area (Å²) in [6, 6.07) is 7.14. The summed E-state index contributed by atoms with van der Waals surface area (Å²) in [6.07, 6.45) is 3.62. The molecule has 3 rings (SSSR count). The van der Waals surface area contributed by atoms with Crippen molar-refractivity contribution in [3.63, 3.8) is 0 Å². The number of hydrogen-bond donors (Lipinski definition) is 2. The van der Waals surface area contributed by atoms with Crippen molar-refractivity contribution < 1.29 is 0 Å². The number of aliphatic imine (C=N–C) groups is 1. The summed E-state index contributed by atoms with van der Waals surface area (Å²) in [5, 5.41) is 6.81. The molecule has 3 nitrogen and oxygen atoms in total. The van der Waals surface area contributed by atoms with Crippen molar-refractivity contribution >= 4 is 43.5 Å². The van der Waals surface area contributed by atoms with E-state index >= 15 is 0 Å². The largest absolute Gasteiger partial charge is 0.353 e. The van der Waals surface area contributed by atoms with Crippen LogP contribution >= 0.6 is 31.9 Å². The Balaban J connectivity index is 1.83. The van der Waals surface area contributed by atoms with Crippen LogP contribution in [0.3, 0.4) is 0 Å². The van der Waals surface area contributed by atoms with Crippen LogP contribution in [-0.4, -0.2) is 18.0 Å². The number of rotatable bonds is 1. The van der Waals surface area contributed by atoms with Crippen LogP contribution in [0.15, 0.2) is 32.1 Å². The fourth-order valence-electron chi connectivity index (χ4n) is 2.42. The minimum Gasteiger partial charge on any atom is -0.353 e. The van der Waals surface area contributed by atoms with Crippen LogP contribution in [0.5, 0.6) is 0 Å². The van der Waals surface area contributed by atoms with E-state index in [0.29, 0.717) is 12.1 Å². The van der Waals surface area contributed by atoms with Gasteiger partial charge in [0.25, 0.3) is 0 Å². The number of benzene rings is 1. The molecule has 0 saturated heterocycles. The third-order valence-electron chi connectivity index (χ3n) is 3.26. The Morgan fingerprint density at radius 1 is 1.24 bits per heavy atom. The fraction of sp³-hybridized carbons (Fsp3) is 0.417. The SMILES string of the molecule is Brc1cccc(Br)c1NC1=NC2CCC(C2)N1. The van der Waals surface area contributed by atoms with E-state index in [1.165, 1.54) is 19.3 Å². The van der Waals surface area contributed by atoms with E-state index in [1.54, 1.807) is 0 Å². The van der Waals surface area contributed by atoms with Crippen molar-refractivity contribution in [1.29, 1.82) is 0 Å². The van der Waals surface area contributed by atoms with E-state index in [2.05, 4.69) is 47.5 Å². The third-order valence-corrected chi connectivity index (χ3v) is 4.59. The summed E-state index contributed by atoms with van der Waals surface area (Å²) in [7, 11) is 0. The molecule has 1 aliphatic carbocycles. The van der Waals surface area contributed by atoms with Crippen molar-refractivity contribution in [1.82, 2.24) is 5.32 Å². The van der Waals surface area contributed by atoms with Crippen LogP contribution < -0.4 is 10.6 Å². The van der Waals surface area contributed by atoms with Gasteiger partial charge in [0, 0.05) is 15.0 Å². The Hall–Kier alpha value is -0.550. The Kier molecular flexibility index (Phi) is 3.13. The second kappa shape index (κ2) is 4.61. The van der Waals surface area contributed by atoms with Crippen molar-refractivity contribution in [2.75, 3.05) is 5.32 Å². The molecule has 1 saturated carbocycles. The summed E-state index contributed by atoms with van der Waals surface area (Å²) >= 11 is 7.09. The van der Waals surface area contributed by atoms with Crippen molar-refractivity contribution in [2.24, 2.45) is 4.99 Å². The molecule has 2 unspecified atom stereocenters. The molecule has 0 aromatic heterocycles. The first-order chi connectivity index (χ1) is 8.22. The lowest BCUT2D eigenvalue weighted by Crippen LogP contribution is -2.41. The van der Waals surface area contributed by atoms with E-state index < -0.39 is 0 Å². The van der Waals surface area contributed by atoms with E-state index in [-0.39, 0.29) is 0 Å². The van der Waals surface area contributed by atoms with Gasteiger partial charge in [-0.3, -0.25) is 0 Å². The van der Waals surface area contributed by atoms with Crippen LogP contribution in [0.1, 0.15) is 19.3 Å². The van der Waals surface area contributed by atoms with Gasteiger partial charge in [-0.15, -0.1) is 0 Å². The Morgan fingerprint density at radius 3 is 2.71 bits per heavy atom. The lowest BCUT2D eigenvalue weighted by atomic mass is 10.2. The number of fused-ring (bicyclic) bond motifs is 2. The molecule has 0 radical (unpaired) electrons. The zero-order valence-electron chi connectivity index (χ0n) is 9.21. The molecular weight excluding hydrogens is 346 g/mol. The minimum atomic E-state index is 0.505. The predicted octanol–water partition coefficient (Wildman–Crippen LogP) is 3.50. The number of para-hydroxylation sites is 1. The molecule has 1 aromatic carbocycles. The summed E-state index contributed by atoms with van der Waals surface area (Å²) in [4.78, 5) is 4.67. The minimum absolute atomic E-state index is 0.505. The average Bonchev–Trinajstić information content (AvgIpc) is 2.64. The summed E-state index contributed by atoms with van der Waals surface area (Å²) in [6.45, 7) is 0. The highest BCUT2D eigenvalue weighted by molar-refractivity contribution is 9.11. The van der Waals surface area contributed by atoms with E-state index in [9.17, 15) is 0 Å². The zero-order valence-corrected chi connectivity index (χ0v) is 12.4. The summed E-state index contributed by atoms with van der Waals surface area (Å²) < 4.78 is 2.07. The number of nitrogens with one attached hydrogen (secondary N) is 2. The molecule has 2 atom stereocenters. The van der Waals surface area contributed by atoms with E-state index in [4.69, 9.17) is 0 Å². The highest BCUT2D eigenvalue weighted by atomic mass is 79.9. The van der Waals surface area contributed by atoms with Gasteiger partial charge in [0.05, 0.1) is 11.7 Å². The quantitative estimate of drug-likeness (QED) is 0.806. The Bertz CT molecular complexity index is 453. The molecule has 1 aliphatic heterocycles. The van der Waals surface area contributed by atoms with E-state index in [1.807, 2.05) is 18.2 Å². The number of anilines is 1. The van der Waals surface area contributed by atoms with Crippen molar-refractivity contribution in [2.45, 2.75) is 31.3 Å². The predicted molar refractivity (Wildman–Crippen MR) is 77.5 cm³/mol. The molecule has 2 aliphatic rings. The van der Waals surface area contributed by atoms with Gasteiger partial charge in [-0.05, 0) is 63.3 Å². The van der Waals surface area contributed by atoms with Crippen LogP contribution in [0.25, 0.3) is 0 Å². The van der Waals surface area contributed by atoms with Crippen LogP contribution in [-0.2, 0) is 0 Å². The maximum absolute atomic E-state index is 4.67. The summed E-state index contributed by atoms with van der Waals surface area (Å²) in [5.41, 5.74) is 1.03. The molecule has 1 heterocycles. The van der Waals surface area contributed by atoms with Gasteiger partial charge >= 0.3 is 0 Å². The topological polar surface area (TPSA) is 36.4 Å². The first-order valence-corrected chi connectivity index (χ1v) is 7.36. The lowest BCUT2D eigenvalue weighted by molar-refractivity contribution is 0.582. The van der Waals surface area contributed by atoms with Gasteiger partial charge in [-0.25, -0.2) is 4.99 Å². The number of guanidine groups is 1. The number of nitrogens with zero attached hydrogens (tertiary/aromatic N) is 1. The van der Waals surface area contributed by atoms with Crippen LogP contribution in [0, 0.1) is 0 Å². The molecular formula is C12H13Br2N3. The highest BCUT2D eigenvalue weighted by Gasteiger charge is 2.29. The van der Waals surface area contributed by atoms with Crippen molar-refractivity contribution in [3.05, 3.63) is 27.1 Å². The van der Waals surface area contributed by atoms with Gasteiger partial charge in [0.1, 0.15) is 0 Å². The van der Waals surface area contributed by atoms with Crippen LogP contribution in [0.2, 0.25) is 0 Å². The molecule has 0 spiro atoms. The first kappa shape index (κ1) is 11.5. The second-order valence-electron chi connectivity index (χ2n) is 4.51. The van der Waals surface area contributed by atoms with Gasteiger partial charge < -0.3 is 10.6 Å². The first-order valence-electron chi connectivity index (χ1n) is 5.78. The molecule has 5 heteroatoms. The molecule has 2 bridgehead atoms. The monoisotopic (exact) mass is 357 g/mol. The highest BCUT2D eigenvalue weighted by Crippen LogP contribution is 2.32. The maximum atomic E-state index is 4.67. The smallest absolute Gasteiger partial charge is 0.196 e. The lowest BCUT2D eigenvalue weighted by Gasteiger charge is -2.23. The molecule has 1 aromatic rings. The maximum Gasteiger partial charge on any atom is 0.196 e. The van der Waals surface area contributed by atoms with Gasteiger partial charge in [-0.1, -0.05) is 6.07 Å². The van der Waals surface area contributed by atoms with Crippen molar-refractivity contribution in [3.8, 4) is 0 Å². The molecule has 90 valence electrons. The fourth-order valence-corrected chi connectivity index (χ4v) is 3.62. The van der Waals surface area contributed by atoms with Gasteiger partial charge in [0.2, 0.25) is 0 Å². The standard InChI is InChI=1S/C12H13Br2N3/c13-9-2-1-3-10(14)11(9)17-12-15-7-4-5-8(6-7)16-12/h1-3,7-8H,4-6H2,(H2,15,16,17). The summed E-state index contributed by atoms with van der Waals surface area (Å²) in [5.74, 6) is 0.899. The van der Waals surface area contributed by atoms with E-state index in [0.717, 1.165) is 20.6 Å². The van der Waals surface area contributed by atoms with Gasteiger partial charge in [-0.2, -0.15) is 0 Å². The third kappa shape index (κ3) is 2.36. The second-order valence-corrected chi connectivity index (χ2v) is 6.22. The molecule has 0 amide bonds. The Labute approximate surface area is 117 Å². The molecule has 2 N–H and O–H groups in total. The normalized spacial score (nSPS) is 26.4. The molecule has 1 fully saturated rings.